The van der Waals surface area contributed by atoms with Crippen LogP contribution >= 0.6 is 22.9 Å². The van der Waals surface area contributed by atoms with Gasteiger partial charge in [0.05, 0.1) is 5.92 Å². The number of hydrogen-bond acceptors (Lipinski definition) is 7. The largest absolute Gasteiger partial charge is 0.457 e. The van der Waals surface area contributed by atoms with Gasteiger partial charge in [-0.25, -0.2) is 4.79 Å². The molecule has 0 saturated carbocycles. The molecule has 1 saturated heterocycles. The van der Waals surface area contributed by atoms with E-state index < -0.39 is 30.2 Å². The fourth-order valence-corrected chi connectivity index (χ4v) is 4.06. The maximum Gasteiger partial charge on any atom is 0.353 e. The smallest absolute Gasteiger partial charge is 0.353 e. The van der Waals surface area contributed by atoms with Gasteiger partial charge in [-0.2, -0.15) is 0 Å². The van der Waals surface area contributed by atoms with Gasteiger partial charge in [0.2, 0.25) is 5.91 Å². The first kappa shape index (κ1) is 22.7. The average Bonchev–Trinajstić information content (AvgIpc) is 3.49. The molecule has 0 aliphatic carbocycles. The summed E-state index contributed by atoms with van der Waals surface area (Å²) in [4.78, 5) is 51.1. The molecule has 1 aromatic heterocycles. The Morgan fingerprint density at radius 1 is 1.03 bits per heavy atom. The van der Waals surface area contributed by atoms with Crippen LogP contribution in [0.25, 0.3) is 0 Å². The van der Waals surface area contributed by atoms with Crippen LogP contribution in [0.5, 0.6) is 5.75 Å². The molecule has 0 radical (unpaired) electrons. The van der Waals surface area contributed by atoms with Crippen LogP contribution in [0.3, 0.4) is 0 Å². The van der Waals surface area contributed by atoms with E-state index in [1.54, 1.807) is 41.8 Å². The Morgan fingerprint density at radius 2 is 1.76 bits per heavy atom. The fourth-order valence-electron chi connectivity index (χ4n) is 3.33. The van der Waals surface area contributed by atoms with E-state index in [9.17, 15) is 19.2 Å². The van der Waals surface area contributed by atoms with Gasteiger partial charge in [0, 0.05) is 29.2 Å². The molecule has 0 N–H and O–H groups in total. The van der Waals surface area contributed by atoms with Crippen molar-refractivity contribution in [3.05, 3.63) is 81.5 Å². The van der Waals surface area contributed by atoms with Crippen molar-refractivity contribution in [3.63, 3.8) is 0 Å². The standard InChI is InChI=1S/C24H18ClNO6S/c25-17-5-7-18(8-6-17)26-13-16(12-22(26)28)23(29)31-14-20(27)15-3-9-19(10-4-15)32-24(30)21-2-1-11-33-21/h1-11,16H,12-14H2/t16-/m0/s1. The van der Waals surface area contributed by atoms with Gasteiger partial charge in [-0.1, -0.05) is 17.7 Å². The molecule has 0 bridgehead atoms. The third kappa shape index (κ3) is 5.47. The van der Waals surface area contributed by atoms with Crippen LogP contribution in [-0.4, -0.2) is 36.8 Å². The van der Waals surface area contributed by atoms with Crippen LogP contribution in [0.2, 0.25) is 5.02 Å². The normalized spacial score (nSPS) is 15.4. The Hall–Kier alpha value is -3.49. The highest BCUT2D eigenvalue weighted by molar-refractivity contribution is 7.12. The maximum atomic E-state index is 12.4. The fraction of sp³-hybridized carbons (Fsp3) is 0.167. The second-order valence-electron chi connectivity index (χ2n) is 7.30. The SMILES string of the molecule is O=C(COC(=O)[C@H]1CC(=O)N(c2ccc(Cl)cc2)C1)c1ccc(OC(=O)c2cccs2)cc1. The number of rotatable bonds is 7. The van der Waals surface area contributed by atoms with E-state index in [0.29, 0.717) is 26.9 Å². The van der Waals surface area contributed by atoms with E-state index in [0.717, 1.165) is 0 Å². The van der Waals surface area contributed by atoms with Crippen molar-refractivity contribution in [2.24, 2.45) is 5.92 Å². The Labute approximate surface area is 198 Å². The van der Waals surface area contributed by atoms with Crippen molar-refractivity contribution < 1.29 is 28.7 Å². The van der Waals surface area contributed by atoms with Crippen LogP contribution in [-0.2, 0) is 14.3 Å². The summed E-state index contributed by atoms with van der Waals surface area (Å²) >= 11 is 7.15. The number of hydrogen-bond donors (Lipinski definition) is 0. The number of ether oxygens (including phenoxy) is 2. The lowest BCUT2D eigenvalue weighted by Crippen LogP contribution is -2.27. The third-order valence-electron chi connectivity index (χ3n) is 5.05. The van der Waals surface area contributed by atoms with Crippen LogP contribution in [0.15, 0.2) is 66.0 Å². The zero-order chi connectivity index (χ0) is 23.4. The van der Waals surface area contributed by atoms with Crippen molar-refractivity contribution in [1.29, 1.82) is 0 Å². The van der Waals surface area contributed by atoms with E-state index in [4.69, 9.17) is 21.1 Å². The Bertz CT molecular complexity index is 1170. The lowest BCUT2D eigenvalue weighted by molar-refractivity contribution is -0.147. The molecular weight excluding hydrogens is 466 g/mol. The first-order chi connectivity index (χ1) is 15.9. The van der Waals surface area contributed by atoms with Crippen LogP contribution in [0, 0.1) is 5.92 Å². The summed E-state index contributed by atoms with van der Waals surface area (Å²) in [5.74, 6) is -2.03. The number of nitrogens with zero attached hydrogens (tertiary/aromatic N) is 1. The average molecular weight is 484 g/mol. The predicted octanol–water partition coefficient (Wildman–Crippen LogP) is 4.40. The van der Waals surface area contributed by atoms with E-state index in [1.165, 1.54) is 40.5 Å². The van der Waals surface area contributed by atoms with Crippen molar-refractivity contribution in [2.45, 2.75) is 6.42 Å². The number of anilines is 1. The van der Waals surface area contributed by atoms with E-state index in [2.05, 4.69) is 0 Å². The summed E-state index contributed by atoms with van der Waals surface area (Å²) in [5.41, 5.74) is 0.958. The van der Waals surface area contributed by atoms with Gasteiger partial charge in [0.15, 0.2) is 12.4 Å². The van der Waals surface area contributed by atoms with E-state index in [1.807, 2.05) is 0 Å². The highest BCUT2D eigenvalue weighted by atomic mass is 35.5. The Balaban J connectivity index is 1.28. The monoisotopic (exact) mass is 483 g/mol. The van der Waals surface area contributed by atoms with Crippen LogP contribution in [0.4, 0.5) is 5.69 Å². The van der Waals surface area contributed by atoms with E-state index in [-0.39, 0.29) is 18.9 Å². The summed E-state index contributed by atoms with van der Waals surface area (Å²) in [6.45, 7) is -0.267. The van der Waals surface area contributed by atoms with Gasteiger partial charge in [-0.05, 0) is 60.0 Å². The Kier molecular flexibility index (Phi) is 6.86. The molecule has 7 nitrogen and oxygen atoms in total. The number of Topliss-reactive ketones (excluding diaryl/α,β-unsaturated/α-hetero) is 1. The second kappa shape index (κ2) is 9.97. The molecule has 168 valence electrons. The summed E-state index contributed by atoms with van der Waals surface area (Å²) in [7, 11) is 0. The molecule has 9 heteroatoms. The minimum absolute atomic E-state index is 0.0138. The second-order valence-corrected chi connectivity index (χ2v) is 8.69. The van der Waals surface area contributed by atoms with E-state index >= 15 is 0 Å². The number of amides is 1. The summed E-state index contributed by atoms with van der Waals surface area (Å²) in [6, 6.07) is 16.2. The zero-order valence-electron chi connectivity index (χ0n) is 17.2. The zero-order valence-corrected chi connectivity index (χ0v) is 18.8. The number of benzene rings is 2. The summed E-state index contributed by atoms with van der Waals surface area (Å²) in [6.07, 6.45) is 0.0138. The molecule has 1 fully saturated rings. The van der Waals surface area contributed by atoms with Crippen molar-refractivity contribution in [2.75, 3.05) is 18.1 Å². The first-order valence-corrected chi connectivity index (χ1v) is 11.3. The highest BCUT2D eigenvalue weighted by Crippen LogP contribution is 2.27. The Morgan fingerprint density at radius 3 is 2.42 bits per heavy atom. The number of esters is 2. The first-order valence-electron chi connectivity index (χ1n) is 10.0. The molecule has 1 aliphatic heterocycles. The number of carbonyl (C=O) groups excluding carboxylic acids is 4. The molecule has 0 spiro atoms. The molecule has 1 amide bonds. The molecule has 1 atom stereocenters. The van der Waals surface area contributed by atoms with Crippen molar-refractivity contribution in [3.8, 4) is 5.75 Å². The number of thiophene rings is 1. The number of carbonyl (C=O) groups is 4. The van der Waals surface area contributed by atoms with Crippen LogP contribution in [0.1, 0.15) is 26.5 Å². The maximum absolute atomic E-state index is 12.4. The number of ketones is 1. The summed E-state index contributed by atoms with van der Waals surface area (Å²) in [5, 5.41) is 2.32. The molecule has 2 aromatic carbocycles. The van der Waals surface area contributed by atoms with Gasteiger partial charge >= 0.3 is 11.9 Å². The minimum Gasteiger partial charge on any atom is -0.457 e. The quantitative estimate of drug-likeness (QED) is 0.281. The molecule has 1 aliphatic rings. The molecular formula is C24H18ClNO6S. The molecule has 2 heterocycles. The van der Waals surface area contributed by atoms with Gasteiger partial charge in [-0.3, -0.25) is 14.4 Å². The molecule has 3 aromatic rings. The molecule has 33 heavy (non-hydrogen) atoms. The molecule has 4 rings (SSSR count). The minimum atomic E-state index is -0.653. The predicted molar refractivity (Wildman–Crippen MR) is 123 cm³/mol. The topological polar surface area (TPSA) is 90.0 Å². The van der Waals surface area contributed by atoms with Gasteiger partial charge in [0.25, 0.3) is 0 Å². The van der Waals surface area contributed by atoms with Gasteiger partial charge in [0.1, 0.15) is 10.6 Å². The van der Waals surface area contributed by atoms with Gasteiger partial charge in [-0.15, -0.1) is 11.3 Å². The van der Waals surface area contributed by atoms with Gasteiger partial charge < -0.3 is 14.4 Å². The lowest BCUT2D eigenvalue weighted by atomic mass is 10.1. The summed E-state index contributed by atoms with van der Waals surface area (Å²) < 4.78 is 10.4. The van der Waals surface area contributed by atoms with Crippen LogP contribution < -0.4 is 9.64 Å². The highest BCUT2D eigenvalue weighted by Gasteiger charge is 2.36. The van der Waals surface area contributed by atoms with Crippen molar-refractivity contribution in [1.82, 2.24) is 0 Å². The number of halogens is 1. The third-order valence-corrected chi connectivity index (χ3v) is 6.15. The lowest BCUT2D eigenvalue weighted by Gasteiger charge is -2.16. The molecule has 0 unspecified atom stereocenters. The van der Waals surface area contributed by atoms with Crippen molar-refractivity contribution >= 4 is 52.3 Å².